The van der Waals surface area contributed by atoms with Crippen LogP contribution >= 0.6 is 0 Å². The lowest BCUT2D eigenvalue weighted by Gasteiger charge is -1.99. The summed E-state index contributed by atoms with van der Waals surface area (Å²) in [5.41, 5.74) is 0.232. The highest BCUT2D eigenvalue weighted by Gasteiger charge is 2.08. The van der Waals surface area contributed by atoms with E-state index in [0.29, 0.717) is 5.82 Å². The Kier molecular flexibility index (Phi) is 2.22. The van der Waals surface area contributed by atoms with Crippen LogP contribution < -0.4 is 5.32 Å². The van der Waals surface area contributed by atoms with Crippen LogP contribution in [0.1, 0.15) is 10.5 Å². The summed E-state index contributed by atoms with van der Waals surface area (Å²) in [6.45, 7) is 0. The topological polar surface area (TPSA) is 68.0 Å². The molecule has 0 saturated heterocycles. The van der Waals surface area contributed by atoms with Crippen LogP contribution in [0.25, 0.3) is 0 Å². The number of amides is 1. The number of nitrogens with zero attached hydrogens (tertiary/aromatic N) is 2. The first kappa shape index (κ1) is 8.43. The summed E-state index contributed by atoms with van der Waals surface area (Å²) >= 11 is 0. The Morgan fingerprint density at radius 3 is 2.93 bits per heavy atom. The molecule has 14 heavy (non-hydrogen) atoms. The third kappa shape index (κ3) is 1.77. The normalized spacial score (nSPS) is 9.71. The lowest BCUT2D eigenvalue weighted by molar-refractivity contribution is 0.101. The third-order valence-corrected chi connectivity index (χ3v) is 1.58. The molecule has 1 amide bonds. The van der Waals surface area contributed by atoms with Gasteiger partial charge in [-0.05, 0) is 12.1 Å². The summed E-state index contributed by atoms with van der Waals surface area (Å²) in [7, 11) is 0. The van der Waals surface area contributed by atoms with Gasteiger partial charge in [0.05, 0.1) is 0 Å². The molecule has 0 atom stereocenters. The standard InChI is InChI=1S/C9H7N3O2/c13-9(7-4-6-14-12-7)11-8-3-1-2-5-10-8/h1-6H,(H,10,11,13). The minimum absolute atomic E-state index is 0.232. The number of nitrogens with one attached hydrogen (secondary N) is 1. The maximum Gasteiger partial charge on any atom is 0.278 e. The van der Waals surface area contributed by atoms with Crippen LogP contribution in [0.2, 0.25) is 0 Å². The predicted molar refractivity (Wildman–Crippen MR) is 48.7 cm³/mol. The largest absolute Gasteiger partial charge is 0.364 e. The van der Waals surface area contributed by atoms with E-state index in [1.165, 1.54) is 12.3 Å². The van der Waals surface area contributed by atoms with E-state index in [1.807, 2.05) is 0 Å². The van der Waals surface area contributed by atoms with E-state index < -0.39 is 0 Å². The average Bonchev–Trinajstić information content (AvgIpc) is 2.72. The second kappa shape index (κ2) is 3.69. The summed E-state index contributed by atoms with van der Waals surface area (Å²) in [6.07, 6.45) is 2.94. The molecule has 0 aliphatic carbocycles. The first-order valence-electron chi connectivity index (χ1n) is 3.99. The van der Waals surface area contributed by atoms with E-state index in [9.17, 15) is 4.79 Å². The van der Waals surface area contributed by atoms with E-state index in [1.54, 1.807) is 24.4 Å². The van der Waals surface area contributed by atoms with Gasteiger partial charge in [-0.15, -0.1) is 0 Å². The highest BCUT2D eigenvalue weighted by molar-refractivity contribution is 6.02. The highest BCUT2D eigenvalue weighted by atomic mass is 16.5. The minimum Gasteiger partial charge on any atom is -0.364 e. The Bertz CT molecular complexity index is 411. The van der Waals surface area contributed by atoms with Gasteiger partial charge in [0.15, 0.2) is 5.69 Å². The molecule has 1 N–H and O–H groups in total. The van der Waals surface area contributed by atoms with E-state index in [4.69, 9.17) is 0 Å². The molecule has 0 bridgehead atoms. The molecule has 0 radical (unpaired) electrons. The molecule has 0 fully saturated rings. The Hall–Kier alpha value is -2.17. The van der Waals surface area contributed by atoms with Crippen LogP contribution in [0, 0.1) is 0 Å². The molecule has 0 unspecified atom stereocenters. The monoisotopic (exact) mass is 189 g/mol. The first-order chi connectivity index (χ1) is 6.86. The minimum atomic E-state index is -0.336. The van der Waals surface area contributed by atoms with Crippen molar-refractivity contribution in [2.75, 3.05) is 5.32 Å². The van der Waals surface area contributed by atoms with Gasteiger partial charge in [-0.1, -0.05) is 11.2 Å². The zero-order valence-electron chi connectivity index (χ0n) is 7.18. The van der Waals surface area contributed by atoms with Gasteiger partial charge in [-0.2, -0.15) is 0 Å². The lowest BCUT2D eigenvalue weighted by atomic mass is 10.4. The zero-order chi connectivity index (χ0) is 9.80. The molecule has 70 valence electrons. The number of rotatable bonds is 2. The van der Waals surface area contributed by atoms with E-state index in [0.717, 1.165) is 0 Å². The number of carbonyl (C=O) groups excluding carboxylic acids is 1. The van der Waals surface area contributed by atoms with Gasteiger partial charge >= 0.3 is 0 Å². The van der Waals surface area contributed by atoms with E-state index in [2.05, 4.69) is 20.0 Å². The fourth-order valence-corrected chi connectivity index (χ4v) is 0.947. The molecular formula is C9H7N3O2. The first-order valence-corrected chi connectivity index (χ1v) is 3.99. The summed E-state index contributed by atoms with van der Waals surface area (Å²) in [5.74, 6) is 0.151. The van der Waals surface area contributed by atoms with Crippen molar-refractivity contribution in [1.29, 1.82) is 0 Å². The van der Waals surface area contributed by atoms with Crippen molar-refractivity contribution in [1.82, 2.24) is 10.1 Å². The van der Waals surface area contributed by atoms with Crippen LogP contribution in [0.3, 0.4) is 0 Å². The molecule has 2 aromatic heterocycles. The van der Waals surface area contributed by atoms with Gasteiger partial charge in [-0.25, -0.2) is 4.98 Å². The van der Waals surface area contributed by atoms with Crippen molar-refractivity contribution in [2.24, 2.45) is 0 Å². The van der Waals surface area contributed by atoms with Crippen LogP contribution in [0.5, 0.6) is 0 Å². The maximum absolute atomic E-state index is 11.4. The molecule has 0 aromatic carbocycles. The van der Waals surface area contributed by atoms with Crippen molar-refractivity contribution in [3.63, 3.8) is 0 Å². The number of hydrogen-bond acceptors (Lipinski definition) is 4. The molecule has 2 heterocycles. The average molecular weight is 189 g/mol. The summed E-state index contributed by atoms with van der Waals surface area (Å²) in [4.78, 5) is 15.3. The van der Waals surface area contributed by atoms with E-state index >= 15 is 0 Å². The highest BCUT2D eigenvalue weighted by Crippen LogP contribution is 2.03. The Morgan fingerprint density at radius 1 is 1.36 bits per heavy atom. The Labute approximate surface area is 79.7 Å². The van der Waals surface area contributed by atoms with Gasteiger partial charge in [0, 0.05) is 12.3 Å². The van der Waals surface area contributed by atoms with Gasteiger partial charge in [-0.3, -0.25) is 4.79 Å². The molecule has 2 aromatic rings. The van der Waals surface area contributed by atoms with Crippen molar-refractivity contribution >= 4 is 11.7 Å². The smallest absolute Gasteiger partial charge is 0.278 e. The quantitative estimate of drug-likeness (QED) is 0.773. The molecule has 0 aliphatic rings. The lowest BCUT2D eigenvalue weighted by Crippen LogP contribution is -2.12. The van der Waals surface area contributed by atoms with Crippen LogP contribution in [0.4, 0.5) is 5.82 Å². The van der Waals surface area contributed by atoms with Crippen molar-refractivity contribution in [3.05, 3.63) is 42.4 Å². The molecule has 5 nitrogen and oxygen atoms in total. The second-order valence-corrected chi connectivity index (χ2v) is 2.55. The number of pyridine rings is 1. The number of carbonyl (C=O) groups is 1. The van der Waals surface area contributed by atoms with Crippen LogP contribution in [-0.4, -0.2) is 16.0 Å². The maximum atomic E-state index is 11.4. The SMILES string of the molecule is O=C(Nc1ccccn1)c1ccon1. The molecule has 5 heteroatoms. The second-order valence-electron chi connectivity index (χ2n) is 2.55. The van der Waals surface area contributed by atoms with Gasteiger partial charge < -0.3 is 9.84 Å². The molecule has 2 rings (SSSR count). The third-order valence-electron chi connectivity index (χ3n) is 1.58. The molecule has 0 saturated carbocycles. The van der Waals surface area contributed by atoms with Crippen molar-refractivity contribution < 1.29 is 9.32 Å². The van der Waals surface area contributed by atoms with Crippen LogP contribution in [0.15, 0.2) is 41.2 Å². The van der Waals surface area contributed by atoms with Gasteiger partial charge in [0.25, 0.3) is 5.91 Å². The Balaban J connectivity index is 2.10. The van der Waals surface area contributed by atoms with Gasteiger partial charge in [0.2, 0.25) is 0 Å². The predicted octanol–water partition coefficient (Wildman–Crippen LogP) is 1.32. The molecular weight excluding hydrogens is 182 g/mol. The fraction of sp³-hybridized carbons (Fsp3) is 0. The van der Waals surface area contributed by atoms with Crippen molar-refractivity contribution in [3.8, 4) is 0 Å². The van der Waals surface area contributed by atoms with Gasteiger partial charge in [0.1, 0.15) is 12.1 Å². The Morgan fingerprint density at radius 2 is 2.29 bits per heavy atom. The number of hydrogen-bond donors (Lipinski definition) is 1. The molecule has 0 aliphatic heterocycles. The van der Waals surface area contributed by atoms with E-state index in [-0.39, 0.29) is 11.6 Å². The summed E-state index contributed by atoms with van der Waals surface area (Å²) in [6, 6.07) is 6.73. The zero-order valence-corrected chi connectivity index (χ0v) is 7.18. The number of anilines is 1. The van der Waals surface area contributed by atoms with Crippen molar-refractivity contribution in [2.45, 2.75) is 0 Å². The van der Waals surface area contributed by atoms with Crippen LogP contribution in [-0.2, 0) is 0 Å². The number of aromatic nitrogens is 2. The summed E-state index contributed by atoms with van der Waals surface area (Å²) < 4.78 is 4.54. The fourth-order valence-electron chi connectivity index (χ4n) is 0.947. The molecule has 0 spiro atoms. The summed E-state index contributed by atoms with van der Waals surface area (Å²) in [5, 5.41) is 6.07.